The molecule has 0 fully saturated rings. The molecule has 0 aliphatic heterocycles. The predicted molar refractivity (Wildman–Crippen MR) is 76.4 cm³/mol. The van der Waals surface area contributed by atoms with E-state index in [1.165, 1.54) is 18.2 Å². The van der Waals surface area contributed by atoms with E-state index in [1.807, 2.05) is 0 Å². The standard InChI is InChI=1S/C15H12BrF2NO/c1-9(11-4-2-3-5-14(11)18)19-15(20)12-8-10(17)6-7-13(12)16/h2-9H,1H3,(H,19,20). The van der Waals surface area contributed by atoms with Gasteiger partial charge in [0.25, 0.3) is 5.91 Å². The Morgan fingerprint density at radius 2 is 1.90 bits per heavy atom. The Kier molecular flexibility index (Phi) is 4.49. The highest BCUT2D eigenvalue weighted by atomic mass is 79.9. The van der Waals surface area contributed by atoms with Crippen LogP contribution in [0.5, 0.6) is 0 Å². The number of carbonyl (C=O) groups is 1. The summed E-state index contributed by atoms with van der Waals surface area (Å²) in [4.78, 5) is 12.1. The molecule has 2 aromatic rings. The second-order valence-corrected chi connectivity index (χ2v) is 5.20. The van der Waals surface area contributed by atoms with Crippen molar-refractivity contribution >= 4 is 21.8 Å². The van der Waals surface area contributed by atoms with Crippen LogP contribution in [0, 0.1) is 11.6 Å². The van der Waals surface area contributed by atoms with Crippen LogP contribution in [0.1, 0.15) is 28.9 Å². The summed E-state index contributed by atoms with van der Waals surface area (Å²) in [6, 6.07) is 9.53. The predicted octanol–water partition coefficient (Wildman–Crippen LogP) is 4.22. The smallest absolute Gasteiger partial charge is 0.253 e. The minimum atomic E-state index is -0.515. The van der Waals surface area contributed by atoms with Crippen LogP contribution in [0.25, 0.3) is 0 Å². The van der Waals surface area contributed by atoms with Crippen LogP contribution in [0.3, 0.4) is 0 Å². The summed E-state index contributed by atoms with van der Waals surface area (Å²) in [6.07, 6.45) is 0. The zero-order valence-corrected chi connectivity index (χ0v) is 12.2. The third-order valence-corrected chi connectivity index (χ3v) is 3.58. The lowest BCUT2D eigenvalue weighted by molar-refractivity contribution is 0.0938. The number of rotatable bonds is 3. The quantitative estimate of drug-likeness (QED) is 0.891. The zero-order valence-electron chi connectivity index (χ0n) is 10.7. The highest BCUT2D eigenvalue weighted by molar-refractivity contribution is 9.10. The minimum Gasteiger partial charge on any atom is -0.345 e. The fourth-order valence-electron chi connectivity index (χ4n) is 1.85. The van der Waals surface area contributed by atoms with E-state index in [0.717, 1.165) is 6.07 Å². The fraction of sp³-hybridized carbons (Fsp3) is 0.133. The molecule has 1 N–H and O–H groups in total. The van der Waals surface area contributed by atoms with Crippen molar-refractivity contribution in [3.05, 3.63) is 69.7 Å². The molecule has 2 aromatic carbocycles. The van der Waals surface area contributed by atoms with Gasteiger partial charge >= 0.3 is 0 Å². The first-order valence-corrected chi connectivity index (χ1v) is 6.78. The summed E-state index contributed by atoms with van der Waals surface area (Å²) in [5, 5.41) is 2.65. The first-order chi connectivity index (χ1) is 9.49. The average molecular weight is 340 g/mol. The molecule has 2 rings (SSSR count). The molecule has 1 amide bonds. The van der Waals surface area contributed by atoms with Gasteiger partial charge in [-0.05, 0) is 47.1 Å². The largest absolute Gasteiger partial charge is 0.345 e. The van der Waals surface area contributed by atoms with Gasteiger partial charge in [0.2, 0.25) is 0 Å². The molecule has 0 heterocycles. The first kappa shape index (κ1) is 14.7. The van der Waals surface area contributed by atoms with Gasteiger partial charge in [-0.1, -0.05) is 18.2 Å². The lowest BCUT2D eigenvalue weighted by Gasteiger charge is -2.15. The highest BCUT2D eigenvalue weighted by Gasteiger charge is 2.16. The fourth-order valence-corrected chi connectivity index (χ4v) is 2.28. The molecule has 0 saturated heterocycles. The monoisotopic (exact) mass is 339 g/mol. The minimum absolute atomic E-state index is 0.174. The second-order valence-electron chi connectivity index (χ2n) is 4.34. The summed E-state index contributed by atoms with van der Waals surface area (Å²) < 4.78 is 27.3. The van der Waals surface area contributed by atoms with Crippen LogP contribution in [0.2, 0.25) is 0 Å². The van der Waals surface area contributed by atoms with Crippen molar-refractivity contribution in [2.24, 2.45) is 0 Å². The lowest BCUT2D eigenvalue weighted by atomic mass is 10.1. The van der Waals surface area contributed by atoms with Gasteiger partial charge in [-0.2, -0.15) is 0 Å². The molecular weight excluding hydrogens is 328 g/mol. The van der Waals surface area contributed by atoms with Crippen molar-refractivity contribution < 1.29 is 13.6 Å². The molecule has 5 heteroatoms. The van der Waals surface area contributed by atoms with E-state index >= 15 is 0 Å². The summed E-state index contributed by atoms with van der Waals surface area (Å²) in [5.41, 5.74) is 0.557. The Labute approximate surface area is 123 Å². The molecule has 0 aromatic heterocycles. The molecule has 104 valence electrons. The normalized spacial score (nSPS) is 12.0. The number of nitrogens with one attached hydrogen (secondary N) is 1. The van der Waals surface area contributed by atoms with Crippen molar-refractivity contribution in [3.8, 4) is 0 Å². The Bertz CT molecular complexity index is 646. The number of carbonyl (C=O) groups excluding carboxylic acids is 1. The highest BCUT2D eigenvalue weighted by Crippen LogP contribution is 2.20. The maximum Gasteiger partial charge on any atom is 0.253 e. The number of halogens is 3. The summed E-state index contributed by atoms with van der Waals surface area (Å²) in [7, 11) is 0. The van der Waals surface area contributed by atoms with Crippen LogP contribution < -0.4 is 5.32 Å². The maximum absolute atomic E-state index is 13.6. The van der Waals surface area contributed by atoms with E-state index < -0.39 is 23.6 Å². The van der Waals surface area contributed by atoms with Crippen molar-refractivity contribution in [1.82, 2.24) is 5.32 Å². The maximum atomic E-state index is 13.6. The summed E-state index contributed by atoms with van der Waals surface area (Å²) in [6.45, 7) is 1.67. The van der Waals surface area contributed by atoms with Gasteiger partial charge in [-0.15, -0.1) is 0 Å². The van der Waals surface area contributed by atoms with Gasteiger partial charge in [-0.3, -0.25) is 4.79 Å². The average Bonchev–Trinajstić information content (AvgIpc) is 2.41. The topological polar surface area (TPSA) is 29.1 Å². The van der Waals surface area contributed by atoms with E-state index in [4.69, 9.17) is 0 Å². The molecule has 20 heavy (non-hydrogen) atoms. The SMILES string of the molecule is CC(NC(=O)c1cc(F)ccc1Br)c1ccccc1F. The second kappa shape index (κ2) is 6.13. The van der Waals surface area contributed by atoms with Gasteiger partial charge in [0.1, 0.15) is 11.6 Å². The Balaban J connectivity index is 2.20. The van der Waals surface area contributed by atoms with Gasteiger partial charge in [-0.25, -0.2) is 8.78 Å². The molecular formula is C15H12BrF2NO. The number of hydrogen-bond donors (Lipinski definition) is 1. The summed E-state index contributed by atoms with van der Waals surface area (Å²) in [5.74, 6) is -1.36. The Morgan fingerprint density at radius 1 is 1.20 bits per heavy atom. The van der Waals surface area contributed by atoms with Crippen molar-refractivity contribution in [3.63, 3.8) is 0 Å². The first-order valence-electron chi connectivity index (χ1n) is 5.99. The van der Waals surface area contributed by atoms with Crippen molar-refractivity contribution in [2.45, 2.75) is 13.0 Å². The van der Waals surface area contributed by atoms with Gasteiger partial charge in [0, 0.05) is 10.0 Å². The molecule has 0 radical (unpaired) electrons. The van der Waals surface area contributed by atoms with Crippen molar-refractivity contribution in [1.29, 1.82) is 0 Å². The third-order valence-electron chi connectivity index (χ3n) is 2.89. The van der Waals surface area contributed by atoms with Crippen LogP contribution in [0.15, 0.2) is 46.9 Å². The third kappa shape index (κ3) is 3.22. The molecule has 2 nitrogen and oxygen atoms in total. The van der Waals surface area contributed by atoms with E-state index in [0.29, 0.717) is 10.0 Å². The number of hydrogen-bond acceptors (Lipinski definition) is 1. The summed E-state index contributed by atoms with van der Waals surface area (Å²) >= 11 is 3.19. The molecule has 0 aliphatic carbocycles. The van der Waals surface area contributed by atoms with Crippen LogP contribution >= 0.6 is 15.9 Å². The zero-order chi connectivity index (χ0) is 14.7. The Morgan fingerprint density at radius 3 is 2.60 bits per heavy atom. The molecule has 0 aliphatic rings. The van der Waals surface area contributed by atoms with E-state index in [1.54, 1.807) is 25.1 Å². The number of benzene rings is 2. The van der Waals surface area contributed by atoms with Crippen molar-refractivity contribution in [2.75, 3.05) is 0 Å². The Hall–Kier alpha value is -1.75. The molecule has 1 atom stereocenters. The van der Waals surface area contributed by atoms with Crippen LogP contribution in [-0.2, 0) is 0 Å². The molecule has 1 unspecified atom stereocenters. The van der Waals surface area contributed by atoms with E-state index in [-0.39, 0.29) is 5.56 Å². The van der Waals surface area contributed by atoms with Gasteiger partial charge in [0.15, 0.2) is 0 Å². The van der Waals surface area contributed by atoms with E-state index in [2.05, 4.69) is 21.2 Å². The van der Waals surface area contributed by atoms with Gasteiger partial charge in [0.05, 0.1) is 11.6 Å². The van der Waals surface area contributed by atoms with Crippen LogP contribution in [-0.4, -0.2) is 5.91 Å². The number of amides is 1. The van der Waals surface area contributed by atoms with E-state index in [9.17, 15) is 13.6 Å². The molecule has 0 saturated carbocycles. The van der Waals surface area contributed by atoms with Gasteiger partial charge < -0.3 is 5.32 Å². The molecule has 0 bridgehead atoms. The lowest BCUT2D eigenvalue weighted by Crippen LogP contribution is -2.27. The molecule has 0 spiro atoms. The van der Waals surface area contributed by atoms with Crippen LogP contribution in [0.4, 0.5) is 8.78 Å².